The first-order chi connectivity index (χ1) is 8.56. The largest absolute Gasteiger partial charge is 0.380 e. The summed E-state index contributed by atoms with van der Waals surface area (Å²) in [4.78, 5) is 10.3. The Kier molecular flexibility index (Phi) is 5.02. The fraction of sp³-hybridized carbons (Fsp3) is 0.273. The van der Waals surface area contributed by atoms with Crippen molar-refractivity contribution in [3.63, 3.8) is 0 Å². The summed E-state index contributed by atoms with van der Waals surface area (Å²) < 4.78 is 31.4. The van der Waals surface area contributed by atoms with Crippen molar-refractivity contribution in [1.82, 2.24) is 0 Å². The third kappa shape index (κ3) is 3.68. The summed E-state index contributed by atoms with van der Waals surface area (Å²) in [6, 6.07) is 3.96. The molecule has 5 nitrogen and oxygen atoms in total. The van der Waals surface area contributed by atoms with Gasteiger partial charge in [-0.1, -0.05) is 0 Å². The van der Waals surface area contributed by atoms with Crippen molar-refractivity contribution in [1.29, 1.82) is 5.26 Å². The monoisotopic (exact) mass is 255 g/mol. The van der Waals surface area contributed by atoms with Crippen LogP contribution in [0, 0.1) is 23.0 Å². The minimum atomic E-state index is -1.19. The van der Waals surface area contributed by atoms with E-state index in [-0.39, 0.29) is 31.0 Å². The van der Waals surface area contributed by atoms with Crippen LogP contribution in [0.15, 0.2) is 12.1 Å². The highest BCUT2D eigenvalue weighted by molar-refractivity contribution is 5.74. The van der Waals surface area contributed by atoms with Gasteiger partial charge in [0.25, 0.3) is 0 Å². The molecule has 0 bridgehead atoms. The number of carbonyl (C=O) groups is 1. The molecule has 18 heavy (non-hydrogen) atoms. The molecule has 0 heterocycles. The number of nitrogens with zero attached hydrogens (tertiary/aromatic N) is 1. The quantitative estimate of drug-likeness (QED) is 0.734. The SMILES string of the molecule is N#Cc1ccc(NCCOCC(N)=O)c(F)c1F. The lowest BCUT2D eigenvalue weighted by atomic mass is 10.2. The Bertz CT molecular complexity index is 486. The molecule has 3 N–H and O–H groups in total. The zero-order valence-electron chi connectivity index (χ0n) is 9.37. The molecule has 7 heteroatoms. The van der Waals surface area contributed by atoms with Gasteiger partial charge in [-0.15, -0.1) is 0 Å². The summed E-state index contributed by atoms with van der Waals surface area (Å²) in [5.41, 5.74) is 4.40. The number of nitrogens with one attached hydrogen (secondary N) is 1. The van der Waals surface area contributed by atoms with Crippen LogP contribution >= 0.6 is 0 Å². The van der Waals surface area contributed by atoms with Gasteiger partial charge in [-0.2, -0.15) is 5.26 Å². The van der Waals surface area contributed by atoms with E-state index in [0.717, 1.165) is 0 Å². The highest BCUT2D eigenvalue weighted by atomic mass is 19.2. The lowest BCUT2D eigenvalue weighted by Crippen LogP contribution is -2.20. The number of amides is 1. The second kappa shape index (κ2) is 6.51. The second-order valence-corrected chi connectivity index (χ2v) is 3.35. The van der Waals surface area contributed by atoms with Crippen molar-refractivity contribution in [3.8, 4) is 6.07 Å². The molecule has 0 aromatic heterocycles. The van der Waals surface area contributed by atoms with Gasteiger partial charge in [0.05, 0.1) is 17.9 Å². The number of ether oxygens (including phenoxy) is 1. The van der Waals surface area contributed by atoms with Gasteiger partial charge in [-0.3, -0.25) is 4.79 Å². The van der Waals surface area contributed by atoms with E-state index in [9.17, 15) is 13.6 Å². The predicted molar refractivity (Wildman–Crippen MR) is 59.6 cm³/mol. The molecule has 0 fully saturated rings. The third-order valence-electron chi connectivity index (χ3n) is 2.01. The van der Waals surface area contributed by atoms with E-state index in [2.05, 4.69) is 5.32 Å². The average Bonchev–Trinajstić information content (AvgIpc) is 2.33. The first-order valence-electron chi connectivity index (χ1n) is 5.04. The van der Waals surface area contributed by atoms with Crippen molar-refractivity contribution in [2.24, 2.45) is 5.73 Å². The standard InChI is InChI=1S/C11H11F2N3O2/c12-10-7(5-14)1-2-8(11(10)13)16-3-4-18-6-9(15)17/h1-2,16H,3-4,6H2,(H2,15,17). The van der Waals surface area contributed by atoms with E-state index in [1.807, 2.05) is 0 Å². The maximum Gasteiger partial charge on any atom is 0.243 e. The van der Waals surface area contributed by atoms with E-state index in [4.69, 9.17) is 15.7 Å². The number of benzene rings is 1. The predicted octanol–water partition coefficient (Wildman–Crippen LogP) is 0.750. The second-order valence-electron chi connectivity index (χ2n) is 3.35. The van der Waals surface area contributed by atoms with Gasteiger partial charge in [0.2, 0.25) is 5.91 Å². The zero-order valence-corrected chi connectivity index (χ0v) is 9.37. The topological polar surface area (TPSA) is 88.1 Å². The molecule has 0 saturated heterocycles. The number of nitrogens with two attached hydrogens (primary N) is 1. The fourth-order valence-corrected chi connectivity index (χ4v) is 1.20. The molecule has 96 valence electrons. The molecule has 0 aliphatic carbocycles. The van der Waals surface area contributed by atoms with Crippen LogP contribution in [0.5, 0.6) is 0 Å². The molecule has 1 aromatic carbocycles. The van der Waals surface area contributed by atoms with Crippen LogP contribution in [-0.4, -0.2) is 25.7 Å². The summed E-state index contributed by atoms with van der Waals surface area (Å²) >= 11 is 0. The van der Waals surface area contributed by atoms with Gasteiger partial charge >= 0.3 is 0 Å². The summed E-state index contributed by atoms with van der Waals surface area (Å²) in [7, 11) is 0. The van der Waals surface area contributed by atoms with Crippen molar-refractivity contribution in [2.45, 2.75) is 0 Å². The highest BCUT2D eigenvalue weighted by Crippen LogP contribution is 2.19. The van der Waals surface area contributed by atoms with E-state index < -0.39 is 17.5 Å². The molecule has 0 aliphatic heterocycles. The minimum Gasteiger partial charge on any atom is -0.380 e. The van der Waals surface area contributed by atoms with Crippen molar-refractivity contribution in [2.75, 3.05) is 25.1 Å². The first-order valence-corrected chi connectivity index (χ1v) is 5.04. The number of primary amides is 1. The Morgan fingerprint density at radius 3 is 2.78 bits per heavy atom. The van der Waals surface area contributed by atoms with Crippen LogP contribution in [0.1, 0.15) is 5.56 Å². The fourth-order valence-electron chi connectivity index (χ4n) is 1.20. The van der Waals surface area contributed by atoms with Crippen molar-refractivity contribution < 1.29 is 18.3 Å². The van der Waals surface area contributed by atoms with Crippen LogP contribution < -0.4 is 11.1 Å². The number of carbonyl (C=O) groups excluding carboxylic acids is 1. The Labute approximate surface area is 102 Å². The summed E-state index contributed by atoms with van der Waals surface area (Å²) in [5.74, 6) is -2.92. The van der Waals surface area contributed by atoms with Gasteiger partial charge in [-0.25, -0.2) is 8.78 Å². The van der Waals surface area contributed by atoms with Crippen LogP contribution in [0.3, 0.4) is 0 Å². The number of anilines is 1. The Morgan fingerprint density at radius 2 is 2.17 bits per heavy atom. The molecule has 0 unspecified atom stereocenters. The minimum absolute atomic E-state index is 0.0748. The number of halogens is 2. The normalized spacial score (nSPS) is 9.83. The van der Waals surface area contributed by atoms with Crippen LogP contribution in [0.2, 0.25) is 0 Å². The molecule has 0 atom stereocenters. The first kappa shape index (κ1) is 13.9. The van der Waals surface area contributed by atoms with E-state index >= 15 is 0 Å². The smallest absolute Gasteiger partial charge is 0.243 e. The number of nitriles is 1. The van der Waals surface area contributed by atoms with Gasteiger partial charge in [0.1, 0.15) is 12.7 Å². The van der Waals surface area contributed by atoms with Gasteiger partial charge < -0.3 is 15.8 Å². The maximum absolute atomic E-state index is 13.4. The molecule has 0 spiro atoms. The third-order valence-corrected chi connectivity index (χ3v) is 2.01. The van der Waals surface area contributed by atoms with Crippen molar-refractivity contribution >= 4 is 11.6 Å². The average molecular weight is 255 g/mol. The molecular formula is C11H11F2N3O2. The van der Waals surface area contributed by atoms with Gasteiger partial charge in [0.15, 0.2) is 11.6 Å². The van der Waals surface area contributed by atoms with Crippen molar-refractivity contribution in [3.05, 3.63) is 29.3 Å². The van der Waals surface area contributed by atoms with E-state index in [0.29, 0.717) is 0 Å². The Morgan fingerprint density at radius 1 is 1.44 bits per heavy atom. The zero-order chi connectivity index (χ0) is 13.5. The lowest BCUT2D eigenvalue weighted by Gasteiger charge is -2.08. The van der Waals surface area contributed by atoms with E-state index in [1.54, 1.807) is 0 Å². The van der Waals surface area contributed by atoms with Crippen LogP contribution in [-0.2, 0) is 9.53 Å². The highest BCUT2D eigenvalue weighted by Gasteiger charge is 2.12. The molecular weight excluding hydrogens is 244 g/mol. The number of rotatable bonds is 6. The number of hydrogen-bond donors (Lipinski definition) is 2. The molecule has 1 aromatic rings. The van der Waals surface area contributed by atoms with E-state index in [1.165, 1.54) is 18.2 Å². The number of hydrogen-bond acceptors (Lipinski definition) is 4. The van der Waals surface area contributed by atoms with Gasteiger partial charge in [-0.05, 0) is 12.1 Å². The Balaban J connectivity index is 2.51. The molecule has 0 aliphatic rings. The van der Waals surface area contributed by atoms with Crippen LogP contribution in [0.25, 0.3) is 0 Å². The summed E-state index contributed by atoms with van der Waals surface area (Å²) in [5, 5.41) is 11.1. The lowest BCUT2D eigenvalue weighted by molar-refractivity contribution is -0.122. The molecule has 0 radical (unpaired) electrons. The maximum atomic E-state index is 13.4. The summed E-state index contributed by atoms with van der Waals surface area (Å²) in [6.07, 6.45) is 0. The molecule has 1 amide bonds. The molecule has 0 saturated carbocycles. The summed E-state index contributed by atoms with van der Waals surface area (Å²) in [6.45, 7) is 0.0609. The Hall–Kier alpha value is -2.20. The molecule has 1 rings (SSSR count). The van der Waals surface area contributed by atoms with Crippen LogP contribution in [0.4, 0.5) is 14.5 Å². The van der Waals surface area contributed by atoms with Gasteiger partial charge in [0, 0.05) is 6.54 Å².